The van der Waals surface area contributed by atoms with Gasteiger partial charge in [-0.2, -0.15) is 0 Å². The van der Waals surface area contributed by atoms with Crippen molar-refractivity contribution in [2.75, 3.05) is 12.4 Å². The molecule has 0 rings (SSSR count). The Morgan fingerprint density at radius 2 is 1.93 bits per heavy atom. The van der Waals surface area contributed by atoms with E-state index in [1.165, 1.54) is 11.8 Å². The quantitative estimate of drug-likeness (QED) is 0.628. The number of hydrogen-bond donors (Lipinski definition) is 3. The summed E-state index contributed by atoms with van der Waals surface area (Å²) < 4.78 is -0.0464. The highest BCUT2D eigenvalue weighted by molar-refractivity contribution is 8.01. The summed E-state index contributed by atoms with van der Waals surface area (Å²) in [5.74, 6) is -1.42. The molecule has 0 saturated heterocycles. The van der Waals surface area contributed by atoms with Crippen LogP contribution in [0.25, 0.3) is 0 Å². The van der Waals surface area contributed by atoms with Gasteiger partial charge in [0.2, 0.25) is 5.91 Å². The fourth-order valence-electron chi connectivity index (χ4n) is 0.704. The number of carbonyl (C=O) groups excluding carboxylic acids is 1. The molecule has 0 heterocycles. The molecule has 0 aliphatic rings. The number of carbonyl (C=O) groups is 2. The zero-order valence-corrected chi connectivity index (χ0v) is 9.93. The van der Waals surface area contributed by atoms with Crippen LogP contribution in [0.3, 0.4) is 0 Å². The van der Waals surface area contributed by atoms with Crippen molar-refractivity contribution in [1.29, 1.82) is 0 Å². The molecule has 0 aliphatic carbocycles. The second-order valence-corrected chi connectivity index (χ2v) is 5.84. The van der Waals surface area contributed by atoms with Crippen LogP contribution in [-0.2, 0) is 9.59 Å². The largest absolute Gasteiger partial charge is 0.480 e. The molecule has 15 heavy (non-hydrogen) atoms. The Bertz CT molecular complexity index is 237. The molecular weight excluding hydrogens is 218 g/mol. The van der Waals surface area contributed by atoms with Crippen molar-refractivity contribution in [3.8, 4) is 0 Å². The molecule has 0 saturated carbocycles. The second kappa shape index (κ2) is 5.97. The van der Waals surface area contributed by atoms with Crippen molar-refractivity contribution in [3.05, 3.63) is 0 Å². The minimum Gasteiger partial charge on any atom is -0.480 e. The molecule has 0 aliphatic heterocycles. The lowest BCUT2D eigenvalue weighted by Crippen LogP contribution is -2.44. The third kappa shape index (κ3) is 7.21. The predicted octanol–water partition coefficient (Wildman–Crippen LogP) is 0.0798. The molecule has 88 valence electrons. The Labute approximate surface area is 93.2 Å². The van der Waals surface area contributed by atoms with E-state index in [0.717, 1.165) is 0 Å². The monoisotopic (exact) mass is 235 g/mol. The first-order chi connectivity index (χ1) is 6.76. The molecule has 6 heteroatoms. The lowest BCUT2D eigenvalue weighted by atomic mass is 10.3. The lowest BCUT2D eigenvalue weighted by Gasteiger charge is -2.18. The van der Waals surface area contributed by atoms with Crippen molar-refractivity contribution in [3.63, 3.8) is 0 Å². The smallest absolute Gasteiger partial charge is 0.328 e. The number of carboxylic acid groups (broad SMARTS) is 1. The molecule has 0 radical (unpaired) electrons. The van der Waals surface area contributed by atoms with Crippen LogP contribution in [-0.4, -0.2) is 45.2 Å². The van der Waals surface area contributed by atoms with E-state index < -0.39 is 18.6 Å². The molecule has 0 bridgehead atoms. The highest BCUT2D eigenvalue weighted by Crippen LogP contribution is 2.22. The topological polar surface area (TPSA) is 86.6 Å². The third-order valence-electron chi connectivity index (χ3n) is 1.45. The molecule has 1 atom stereocenters. The standard InChI is InChI=1S/C9H17NO4S/c1-9(2,3)15-5-7(12)10-6(4-11)8(13)14/h6,11H,4-5H2,1-3H3,(H,10,12)(H,13,14)/t6-/m0/s1. The molecule has 0 fully saturated rings. The minimum absolute atomic E-state index is 0.0464. The van der Waals surface area contributed by atoms with Crippen LogP contribution in [0, 0.1) is 0 Å². The number of thioether (sulfide) groups is 1. The molecule has 5 nitrogen and oxygen atoms in total. The van der Waals surface area contributed by atoms with Gasteiger partial charge in [-0.15, -0.1) is 11.8 Å². The van der Waals surface area contributed by atoms with Crippen LogP contribution < -0.4 is 5.32 Å². The summed E-state index contributed by atoms with van der Waals surface area (Å²) in [5, 5.41) is 19.5. The fraction of sp³-hybridized carbons (Fsp3) is 0.778. The highest BCUT2D eigenvalue weighted by Gasteiger charge is 2.20. The average molecular weight is 235 g/mol. The van der Waals surface area contributed by atoms with Crippen molar-refractivity contribution in [1.82, 2.24) is 5.32 Å². The number of aliphatic hydroxyl groups is 1. The van der Waals surface area contributed by atoms with Crippen LogP contribution >= 0.6 is 11.8 Å². The van der Waals surface area contributed by atoms with Gasteiger partial charge >= 0.3 is 5.97 Å². The van der Waals surface area contributed by atoms with Crippen LogP contribution in [0.4, 0.5) is 0 Å². The number of aliphatic hydroxyl groups excluding tert-OH is 1. The summed E-state index contributed by atoms with van der Waals surface area (Å²) >= 11 is 1.42. The van der Waals surface area contributed by atoms with Gasteiger partial charge in [-0.1, -0.05) is 20.8 Å². The summed E-state index contributed by atoms with van der Waals surface area (Å²) in [6.07, 6.45) is 0. The van der Waals surface area contributed by atoms with Gasteiger partial charge in [0.1, 0.15) is 6.04 Å². The summed E-state index contributed by atoms with van der Waals surface area (Å²) in [6.45, 7) is 5.30. The molecule has 0 aromatic rings. The van der Waals surface area contributed by atoms with E-state index in [2.05, 4.69) is 5.32 Å². The Morgan fingerprint density at radius 3 is 2.27 bits per heavy atom. The summed E-state index contributed by atoms with van der Waals surface area (Å²) in [4.78, 5) is 21.7. The maximum absolute atomic E-state index is 11.3. The second-order valence-electron chi connectivity index (χ2n) is 4.04. The molecule has 0 aromatic heterocycles. The summed E-state index contributed by atoms with van der Waals surface area (Å²) in [6, 6.07) is -1.21. The SMILES string of the molecule is CC(C)(C)SCC(=O)N[C@@H](CO)C(=O)O. The van der Waals surface area contributed by atoms with Crippen molar-refractivity contribution in [2.45, 2.75) is 31.6 Å². The first kappa shape index (κ1) is 14.2. The highest BCUT2D eigenvalue weighted by atomic mass is 32.2. The van der Waals surface area contributed by atoms with Crippen molar-refractivity contribution in [2.24, 2.45) is 0 Å². The first-order valence-electron chi connectivity index (χ1n) is 4.53. The Morgan fingerprint density at radius 1 is 1.40 bits per heavy atom. The van der Waals surface area contributed by atoms with Crippen molar-refractivity contribution < 1.29 is 19.8 Å². The Balaban J connectivity index is 3.98. The maximum atomic E-state index is 11.3. The Hall–Kier alpha value is -0.750. The molecule has 1 amide bonds. The van der Waals surface area contributed by atoms with Crippen LogP contribution in [0.15, 0.2) is 0 Å². The van der Waals surface area contributed by atoms with Gasteiger partial charge in [-0.25, -0.2) is 4.79 Å². The van der Waals surface area contributed by atoms with E-state index in [0.29, 0.717) is 0 Å². The van der Waals surface area contributed by atoms with E-state index in [1.807, 2.05) is 20.8 Å². The molecule has 0 aromatic carbocycles. The minimum atomic E-state index is -1.23. The van der Waals surface area contributed by atoms with E-state index in [1.54, 1.807) is 0 Å². The van der Waals surface area contributed by atoms with E-state index >= 15 is 0 Å². The molecule has 0 spiro atoms. The first-order valence-corrected chi connectivity index (χ1v) is 5.52. The molecular formula is C9H17NO4S. The van der Waals surface area contributed by atoms with Gasteiger partial charge in [0.15, 0.2) is 0 Å². The van der Waals surface area contributed by atoms with Gasteiger partial charge in [-0.05, 0) is 0 Å². The van der Waals surface area contributed by atoms with Crippen LogP contribution in [0.2, 0.25) is 0 Å². The molecule has 3 N–H and O–H groups in total. The lowest BCUT2D eigenvalue weighted by molar-refractivity contribution is -0.142. The van der Waals surface area contributed by atoms with E-state index in [9.17, 15) is 9.59 Å². The van der Waals surface area contributed by atoms with Gasteiger partial charge in [0.25, 0.3) is 0 Å². The van der Waals surface area contributed by atoms with Gasteiger partial charge < -0.3 is 15.5 Å². The van der Waals surface area contributed by atoms with Gasteiger partial charge in [-0.3, -0.25) is 4.79 Å². The number of amides is 1. The molecule has 0 unspecified atom stereocenters. The number of nitrogens with one attached hydrogen (secondary N) is 1. The Kier molecular flexibility index (Phi) is 5.67. The number of hydrogen-bond acceptors (Lipinski definition) is 4. The normalized spacial score (nSPS) is 13.3. The zero-order chi connectivity index (χ0) is 12.1. The summed E-state index contributed by atoms with van der Waals surface area (Å²) in [5.41, 5.74) is 0. The van der Waals surface area contributed by atoms with Crippen LogP contribution in [0.1, 0.15) is 20.8 Å². The predicted molar refractivity (Wildman–Crippen MR) is 58.9 cm³/mol. The van der Waals surface area contributed by atoms with Gasteiger partial charge in [0, 0.05) is 4.75 Å². The van der Waals surface area contributed by atoms with Crippen LogP contribution in [0.5, 0.6) is 0 Å². The van der Waals surface area contributed by atoms with Crippen molar-refractivity contribution >= 4 is 23.6 Å². The average Bonchev–Trinajstić information content (AvgIpc) is 2.09. The van der Waals surface area contributed by atoms with Gasteiger partial charge in [0.05, 0.1) is 12.4 Å². The zero-order valence-electron chi connectivity index (χ0n) is 9.11. The maximum Gasteiger partial charge on any atom is 0.328 e. The van der Waals surface area contributed by atoms with E-state index in [4.69, 9.17) is 10.2 Å². The fourth-order valence-corrected chi connectivity index (χ4v) is 1.35. The third-order valence-corrected chi connectivity index (χ3v) is 2.72. The van der Waals surface area contributed by atoms with E-state index in [-0.39, 0.29) is 16.4 Å². The number of carboxylic acids is 1. The number of rotatable bonds is 5. The number of aliphatic carboxylic acids is 1. The summed E-state index contributed by atoms with van der Waals surface area (Å²) in [7, 11) is 0.